The van der Waals surface area contributed by atoms with E-state index in [9.17, 15) is 13.2 Å². The van der Waals surface area contributed by atoms with Crippen molar-refractivity contribution < 1.29 is 13.2 Å². The van der Waals surface area contributed by atoms with E-state index >= 15 is 0 Å². The Morgan fingerprint density at radius 2 is 1.96 bits per heavy atom. The van der Waals surface area contributed by atoms with E-state index < -0.39 is 9.84 Å². The highest BCUT2D eigenvalue weighted by Crippen LogP contribution is 2.19. The summed E-state index contributed by atoms with van der Waals surface area (Å²) >= 11 is 0. The van der Waals surface area contributed by atoms with E-state index in [1.807, 2.05) is 19.1 Å². The van der Waals surface area contributed by atoms with Crippen LogP contribution in [0.3, 0.4) is 0 Å². The molecule has 2 aromatic rings. The summed E-state index contributed by atoms with van der Waals surface area (Å²) in [4.78, 5) is 26.6. The Bertz CT molecular complexity index is 856. The van der Waals surface area contributed by atoms with Crippen molar-refractivity contribution in [2.24, 2.45) is 0 Å². The number of sulfone groups is 1. The van der Waals surface area contributed by atoms with Crippen LogP contribution in [0.25, 0.3) is 0 Å². The third-order valence-electron chi connectivity index (χ3n) is 4.35. The fourth-order valence-corrected chi connectivity index (χ4v) is 4.70. The molecule has 3 heterocycles. The average molecular weight is 375 g/mol. The monoisotopic (exact) mass is 375 g/mol. The highest BCUT2D eigenvalue weighted by molar-refractivity contribution is 7.91. The Balaban J connectivity index is 1.64. The lowest BCUT2D eigenvalue weighted by atomic mass is 10.2. The summed E-state index contributed by atoms with van der Waals surface area (Å²) in [6.45, 7) is 2.84. The van der Waals surface area contributed by atoms with Crippen molar-refractivity contribution in [1.29, 1.82) is 0 Å². The zero-order valence-corrected chi connectivity index (χ0v) is 15.3. The maximum Gasteiger partial charge on any atom is 0.257 e. The molecule has 1 fully saturated rings. The minimum atomic E-state index is -3.05. The van der Waals surface area contributed by atoms with Gasteiger partial charge in [0.25, 0.3) is 5.91 Å². The number of rotatable bonds is 6. The van der Waals surface area contributed by atoms with Crippen molar-refractivity contribution in [1.82, 2.24) is 19.9 Å². The van der Waals surface area contributed by atoms with Crippen molar-refractivity contribution >= 4 is 21.7 Å². The molecule has 0 saturated carbocycles. The molecule has 9 heteroatoms. The summed E-state index contributed by atoms with van der Waals surface area (Å²) in [5, 5.41) is 3.08. The number of nitrogens with zero attached hydrogens (tertiary/aromatic N) is 4. The minimum absolute atomic E-state index is 0.0268. The van der Waals surface area contributed by atoms with E-state index in [1.54, 1.807) is 17.3 Å². The molecule has 1 atom stereocenters. The fourth-order valence-electron chi connectivity index (χ4n) is 2.97. The first kappa shape index (κ1) is 18.2. The van der Waals surface area contributed by atoms with Crippen LogP contribution in [0.15, 0.2) is 36.9 Å². The van der Waals surface area contributed by atoms with Gasteiger partial charge in [-0.05, 0) is 31.0 Å². The molecule has 3 rings (SSSR count). The Labute approximate surface area is 152 Å². The summed E-state index contributed by atoms with van der Waals surface area (Å²) in [7, 11) is -3.05. The lowest BCUT2D eigenvalue weighted by Crippen LogP contribution is -2.41. The quantitative estimate of drug-likeness (QED) is 0.807. The SMILES string of the molecule is CCN(C(=O)c1cnc(NCc2ccncc2)nc1)C1CCS(=O)(=O)C1. The van der Waals surface area contributed by atoms with Gasteiger partial charge in [0.2, 0.25) is 5.95 Å². The Morgan fingerprint density at radius 1 is 1.27 bits per heavy atom. The van der Waals surface area contributed by atoms with E-state index in [-0.39, 0.29) is 23.5 Å². The van der Waals surface area contributed by atoms with Gasteiger partial charge in [0.15, 0.2) is 9.84 Å². The molecule has 0 aliphatic carbocycles. The molecule has 1 aliphatic rings. The summed E-state index contributed by atoms with van der Waals surface area (Å²) in [6, 6.07) is 3.50. The second kappa shape index (κ2) is 7.77. The molecular weight excluding hydrogens is 354 g/mol. The van der Waals surface area contributed by atoms with Crippen molar-refractivity contribution in [3.8, 4) is 0 Å². The first-order chi connectivity index (χ1) is 12.5. The van der Waals surface area contributed by atoms with E-state index in [4.69, 9.17) is 0 Å². The zero-order valence-electron chi connectivity index (χ0n) is 14.5. The van der Waals surface area contributed by atoms with Crippen LogP contribution in [0, 0.1) is 0 Å². The number of carbonyl (C=O) groups excluding carboxylic acids is 1. The second-order valence-corrected chi connectivity index (χ2v) is 8.38. The molecule has 8 nitrogen and oxygen atoms in total. The maximum absolute atomic E-state index is 12.7. The summed E-state index contributed by atoms with van der Waals surface area (Å²) < 4.78 is 23.4. The number of anilines is 1. The van der Waals surface area contributed by atoms with Gasteiger partial charge in [-0.15, -0.1) is 0 Å². The van der Waals surface area contributed by atoms with E-state index in [1.165, 1.54) is 12.4 Å². The normalized spacial score (nSPS) is 18.4. The molecule has 2 aromatic heterocycles. The standard InChI is InChI=1S/C17H21N5O3S/c1-2-22(15-5-8-26(24,25)12-15)16(23)14-10-20-17(21-11-14)19-9-13-3-6-18-7-4-13/h3-4,6-7,10-11,15H,2,5,8-9,12H2,1H3,(H,19,20,21). The highest BCUT2D eigenvalue weighted by atomic mass is 32.2. The molecule has 1 saturated heterocycles. The van der Waals surface area contributed by atoms with Gasteiger partial charge in [0.05, 0.1) is 17.1 Å². The molecule has 0 radical (unpaired) electrons. The van der Waals surface area contributed by atoms with Crippen LogP contribution in [0.1, 0.15) is 29.3 Å². The number of hydrogen-bond donors (Lipinski definition) is 1. The van der Waals surface area contributed by atoms with Gasteiger partial charge in [0.1, 0.15) is 0 Å². The second-order valence-electron chi connectivity index (χ2n) is 6.15. The van der Waals surface area contributed by atoms with E-state index in [2.05, 4.69) is 20.3 Å². The predicted molar refractivity (Wildman–Crippen MR) is 97.4 cm³/mol. The molecule has 26 heavy (non-hydrogen) atoms. The topological polar surface area (TPSA) is 105 Å². The van der Waals surface area contributed by atoms with Crippen molar-refractivity contribution in [2.75, 3.05) is 23.4 Å². The Hall–Kier alpha value is -2.55. The zero-order chi connectivity index (χ0) is 18.6. The molecular formula is C17H21N5O3S. The summed E-state index contributed by atoms with van der Waals surface area (Å²) in [6.07, 6.45) is 6.84. The number of aromatic nitrogens is 3. The largest absolute Gasteiger partial charge is 0.350 e. The lowest BCUT2D eigenvalue weighted by Gasteiger charge is -2.26. The predicted octanol–water partition coefficient (Wildman–Crippen LogP) is 1.13. The van der Waals surface area contributed by atoms with Gasteiger partial charge in [-0.2, -0.15) is 0 Å². The van der Waals surface area contributed by atoms with Crippen LogP contribution < -0.4 is 5.32 Å². The highest BCUT2D eigenvalue weighted by Gasteiger charge is 2.34. The van der Waals surface area contributed by atoms with Crippen LogP contribution >= 0.6 is 0 Å². The Kier molecular flexibility index (Phi) is 5.46. The van der Waals surface area contributed by atoms with Crippen LogP contribution in [0.2, 0.25) is 0 Å². The summed E-state index contributed by atoms with van der Waals surface area (Å²) in [5.74, 6) is 0.342. The van der Waals surface area contributed by atoms with Crippen molar-refractivity contribution in [3.05, 3.63) is 48.0 Å². The van der Waals surface area contributed by atoms with Crippen LogP contribution in [0.5, 0.6) is 0 Å². The number of pyridine rings is 1. The fraction of sp³-hybridized carbons (Fsp3) is 0.412. The lowest BCUT2D eigenvalue weighted by molar-refractivity contribution is 0.0707. The van der Waals surface area contributed by atoms with Crippen molar-refractivity contribution in [3.63, 3.8) is 0 Å². The first-order valence-corrected chi connectivity index (χ1v) is 10.3. The van der Waals surface area contributed by atoms with Gasteiger partial charge in [-0.3, -0.25) is 9.78 Å². The molecule has 0 aromatic carbocycles. The first-order valence-electron chi connectivity index (χ1n) is 8.44. The van der Waals surface area contributed by atoms with Crippen LogP contribution in [-0.4, -0.2) is 58.3 Å². The van der Waals surface area contributed by atoms with E-state index in [0.717, 1.165) is 5.56 Å². The van der Waals surface area contributed by atoms with E-state index in [0.29, 0.717) is 31.0 Å². The average Bonchev–Trinajstić information content (AvgIpc) is 3.01. The van der Waals surface area contributed by atoms with Gasteiger partial charge >= 0.3 is 0 Å². The van der Waals surface area contributed by atoms with Gasteiger partial charge in [-0.1, -0.05) is 0 Å². The van der Waals surface area contributed by atoms with Crippen LogP contribution in [-0.2, 0) is 16.4 Å². The molecule has 1 aliphatic heterocycles. The number of amides is 1. The number of hydrogen-bond acceptors (Lipinski definition) is 7. The maximum atomic E-state index is 12.7. The van der Waals surface area contributed by atoms with Gasteiger partial charge < -0.3 is 10.2 Å². The number of nitrogens with one attached hydrogen (secondary N) is 1. The Morgan fingerprint density at radius 3 is 2.54 bits per heavy atom. The molecule has 1 N–H and O–H groups in total. The third-order valence-corrected chi connectivity index (χ3v) is 6.10. The molecule has 0 spiro atoms. The molecule has 138 valence electrons. The summed E-state index contributed by atoms with van der Waals surface area (Å²) in [5.41, 5.74) is 1.40. The van der Waals surface area contributed by atoms with Crippen molar-refractivity contribution in [2.45, 2.75) is 25.9 Å². The molecule has 1 unspecified atom stereocenters. The minimum Gasteiger partial charge on any atom is -0.350 e. The molecule has 0 bridgehead atoms. The number of carbonyl (C=O) groups is 1. The van der Waals surface area contributed by atoms with Gasteiger partial charge in [-0.25, -0.2) is 18.4 Å². The van der Waals surface area contributed by atoms with Gasteiger partial charge in [0, 0.05) is 43.9 Å². The smallest absolute Gasteiger partial charge is 0.257 e. The van der Waals surface area contributed by atoms with Crippen LogP contribution in [0.4, 0.5) is 5.95 Å². The molecule has 1 amide bonds. The third kappa shape index (κ3) is 4.34.